The van der Waals surface area contributed by atoms with E-state index >= 15 is 0 Å². The van der Waals surface area contributed by atoms with Crippen molar-refractivity contribution >= 4 is 32.7 Å². The van der Waals surface area contributed by atoms with Crippen molar-refractivity contribution in [1.82, 2.24) is 9.97 Å². The van der Waals surface area contributed by atoms with Crippen molar-refractivity contribution in [2.45, 2.75) is 0 Å². The standard InChI is InChI=1S/C44H28N2O/c1-4-13-29(14-5-1)33-25-34(37-21-12-22-38-42-36-20-11-10-15-30(36)23-24-41(42)47-43(37)38)27-35(26-33)40-28-39(31-16-6-2-7-17-31)45-44(46-40)32-18-8-3-9-19-32/h1-28H. The maximum Gasteiger partial charge on any atom is 0.160 e. The summed E-state index contributed by atoms with van der Waals surface area (Å²) in [5, 5.41) is 4.66. The molecule has 0 saturated heterocycles. The Labute approximate surface area is 272 Å². The van der Waals surface area contributed by atoms with Gasteiger partial charge in [-0.25, -0.2) is 9.97 Å². The van der Waals surface area contributed by atoms with Gasteiger partial charge in [-0.3, -0.25) is 0 Å². The molecule has 0 aliphatic heterocycles. The van der Waals surface area contributed by atoms with E-state index in [2.05, 4.69) is 133 Å². The van der Waals surface area contributed by atoms with E-state index in [1.807, 2.05) is 36.4 Å². The summed E-state index contributed by atoms with van der Waals surface area (Å²) >= 11 is 0. The number of hydrogen-bond donors (Lipinski definition) is 0. The molecule has 0 amide bonds. The van der Waals surface area contributed by atoms with Gasteiger partial charge in [0.05, 0.1) is 11.4 Å². The van der Waals surface area contributed by atoms with Gasteiger partial charge in [0.15, 0.2) is 5.82 Å². The molecule has 0 radical (unpaired) electrons. The maximum atomic E-state index is 6.67. The first kappa shape index (κ1) is 27.0. The molecule has 3 heteroatoms. The lowest BCUT2D eigenvalue weighted by Gasteiger charge is -2.13. The summed E-state index contributed by atoms with van der Waals surface area (Å²) in [4.78, 5) is 10.2. The summed E-state index contributed by atoms with van der Waals surface area (Å²) < 4.78 is 6.67. The predicted octanol–water partition coefficient (Wildman–Crippen LogP) is 11.9. The lowest BCUT2D eigenvalue weighted by molar-refractivity contribution is 0.670. The third-order valence-electron chi connectivity index (χ3n) is 8.86. The van der Waals surface area contributed by atoms with Gasteiger partial charge in [0.2, 0.25) is 0 Å². The molecule has 220 valence electrons. The van der Waals surface area contributed by atoms with Crippen molar-refractivity contribution in [3.63, 3.8) is 0 Å². The quantitative estimate of drug-likeness (QED) is 0.197. The highest BCUT2D eigenvalue weighted by atomic mass is 16.3. The smallest absolute Gasteiger partial charge is 0.160 e. The van der Waals surface area contributed by atoms with Gasteiger partial charge < -0.3 is 4.42 Å². The van der Waals surface area contributed by atoms with E-state index in [1.165, 1.54) is 10.8 Å². The van der Waals surface area contributed by atoms with Crippen LogP contribution in [0.3, 0.4) is 0 Å². The molecule has 0 unspecified atom stereocenters. The second-order valence-corrected chi connectivity index (χ2v) is 11.8. The van der Waals surface area contributed by atoms with Crippen LogP contribution in [-0.2, 0) is 0 Å². The van der Waals surface area contributed by atoms with Crippen molar-refractivity contribution in [2.24, 2.45) is 0 Å². The highest BCUT2D eigenvalue weighted by Crippen LogP contribution is 2.41. The third-order valence-corrected chi connectivity index (χ3v) is 8.86. The Morgan fingerprint density at radius 1 is 0.383 bits per heavy atom. The summed E-state index contributed by atoms with van der Waals surface area (Å²) in [5.74, 6) is 0.694. The lowest BCUT2D eigenvalue weighted by atomic mass is 9.93. The number of aromatic nitrogens is 2. The van der Waals surface area contributed by atoms with E-state index in [0.717, 1.165) is 72.3 Å². The van der Waals surface area contributed by atoms with Gasteiger partial charge in [0.25, 0.3) is 0 Å². The van der Waals surface area contributed by atoms with E-state index < -0.39 is 0 Å². The van der Waals surface area contributed by atoms with Crippen LogP contribution in [-0.4, -0.2) is 9.97 Å². The predicted molar refractivity (Wildman–Crippen MR) is 194 cm³/mol. The zero-order valence-electron chi connectivity index (χ0n) is 25.5. The number of rotatable bonds is 5. The van der Waals surface area contributed by atoms with Crippen LogP contribution >= 0.6 is 0 Å². The summed E-state index contributed by atoms with van der Waals surface area (Å²) in [6.07, 6.45) is 0. The molecule has 0 atom stereocenters. The number of para-hydroxylation sites is 1. The Kier molecular flexibility index (Phi) is 6.46. The fraction of sp³-hybridized carbons (Fsp3) is 0. The van der Waals surface area contributed by atoms with Crippen molar-refractivity contribution in [3.05, 3.63) is 170 Å². The van der Waals surface area contributed by atoms with Crippen LogP contribution in [0.15, 0.2) is 174 Å². The minimum absolute atomic E-state index is 0.694. The van der Waals surface area contributed by atoms with Crippen LogP contribution in [0.1, 0.15) is 0 Å². The molecule has 2 aromatic heterocycles. The fourth-order valence-corrected chi connectivity index (χ4v) is 6.59. The van der Waals surface area contributed by atoms with Gasteiger partial charge >= 0.3 is 0 Å². The SMILES string of the molecule is c1ccc(-c2cc(-c3cc(-c4ccccc4)nc(-c4ccccc4)n3)cc(-c3cccc4c3oc3ccc5ccccc5c34)c2)cc1. The van der Waals surface area contributed by atoms with Crippen molar-refractivity contribution in [1.29, 1.82) is 0 Å². The number of nitrogens with zero attached hydrogens (tertiary/aromatic N) is 2. The van der Waals surface area contributed by atoms with Crippen LogP contribution in [0.25, 0.3) is 88.9 Å². The number of furan rings is 1. The zero-order chi connectivity index (χ0) is 31.2. The topological polar surface area (TPSA) is 38.9 Å². The Balaban J connectivity index is 1.30. The Morgan fingerprint density at radius 2 is 0.979 bits per heavy atom. The minimum atomic E-state index is 0.694. The van der Waals surface area contributed by atoms with Gasteiger partial charge in [0, 0.05) is 33.0 Å². The minimum Gasteiger partial charge on any atom is -0.455 e. The zero-order valence-corrected chi connectivity index (χ0v) is 25.5. The monoisotopic (exact) mass is 600 g/mol. The van der Waals surface area contributed by atoms with Crippen molar-refractivity contribution in [2.75, 3.05) is 0 Å². The number of hydrogen-bond acceptors (Lipinski definition) is 3. The molecule has 0 spiro atoms. The molecule has 0 bridgehead atoms. The van der Waals surface area contributed by atoms with E-state index in [1.54, 1.807) is 0 Å². The number of fused-ring (bicyclic) bond motifs is 5. The van der Waals surface area contributed by atoms with Crippen LogP contribution in [0.2, 0.25) is 0 Å². The first-order valence-corrected chi connectivity index (χ1v) is 15.8. The van der Waals surface area contributed by atoms with E-state index in [0.29, 0.717) is 5.82 Å². The van der Waals surface area contributed by atoms with Gasteiger partial charge in [-0.1, -0.05) is 140 Å². The van der Waals surface area contributed by atoms with Crippen LogP contribution in [0.5, 0.6) is 0 Å². The van der Waals surface area contributed by atoms with Crippen LogP contribution in [0.4, 0.5) is 0 Å². The molecule has 0 N–H and O–H groups in total. The average Bonchev–Trinajstić information content (AvgIpc) is 3.55. The summed E-state index contributed by atoms with van der Waals surface area (Å²) in [5.41, 5.74) is 10.9. The fourth-order valence-electron chi connectivity index (χ4n) is 6.59. The van der Waals surface area contributed by atoms with E-state index in [9.17, 15) is 0 Å². The molecule has 3 nitrogen and oxygen atoms in total. The van der Waals surface area contributed by atoms with Gasteiger partial charge in [-0.2, -0.15) is 0 Å². The molecule has 0 fully saturated rings. The molecular formula is C44H28N2O. The van der Waals surface area contributed by atoms with Gasteiger partial charge in [-0.15, -0.1) is 0 Å². The molecule has 2 heterocycles. The molecule has 0 aliphatic rings. The molecule has 9 aromatic rings. The van der Waals surface area contributed by atoms with Gasteiger partial charge in [-0.05, 0) is 57.8 Å². The molecule has 0 saturated carbocycles. The molecule has 0 aliphatic carbocycles. The summed E-state index contributed by atoms with van der Waals surface area (Å²) in [6.45, 7) is 0. The molecule has 47 heavy (non-hydrogen) atoms. The van der Waals surface area contributed by atoms with E-state index in [4.69, 9.17) is 14.4 Å². The molecule has 9 rings (SSSR count). The summed E-state index contributed by atoms with van der Waals surface area (Å²) in [7, 11) is 0. The van der Waals surface area contributed by atoms with Crippen LogP contribution in [0, 0.1) is 0 Å². The second kappa shape index (κ2) is 11.2. The Hall–Kier alpha value is -6.32. The second-order valence-electron chi connectivity index (χ2n) is 11.8. The largest absolute Gasteiger partial charge is 0.455 e. The normalized spacial score (nSPS) is 11.4. The number of benzene rings is 7. The molecule has 7 aromatic carbocycles. The van der Waals surface area contributed by atoms with Crippen molar-refractivity contribution in [3.8, 4) is 56.2 Å². The lowest BCUT2D eigenvalue weighted by Crippen LogP contribution is -1.96. The van der Waals surface area contributed by atoms with Crippen LogP contribution < -0.4 is 0 Å². The third kappa shape index (κ3) is 4.86. The van der Waals surface area contributed by atoms with E-state index in [-0.39, 0.29) is 0 Å². The Morgan fingerprint density at radius 3 is 1.74 bits per heavy atom. The first-order valence-electron chi connectivity index (χ1n) is 15.8. The highest BCUT2D eigenvalue weighted by Gasteiger charge is 2.17. The highest BCUT2D eigenvalue weighted by molar-refractivity contribution is 6.20. The first-order chi connectivity index (χ1) is 23.3. The Bertz CT molecular complexity index is 2500. The maximum absolute atomic E-state index is 6.67. The van der Waals surface area contributed by atoms with Crippen molar-refractivity contribution < 1.29 is 4.42 Å². The van der Waals surface area contributed by atoms with Gasteiger partial charge in [0.1, 0.15) is 11.2 Å². The summed E-state index contributed by atoms with van der Waals surface area (Å²) in [6, 6.07) is 59.0. The average molecular weight is 601 g/mol. The molecular weight excluding hydrogens is 572 g/mol.